The number of rotatable bonds is 4. The van der Waals surface area contributed by atoms with Crippen LogP contribution in [-0.2, 0) is 12.7 Å². The van der Waals surface area contributed by atoms with Gasteiger partial charge in [-0.3, -0.25) is 0 Å². The molecule has 0 saturated carbocycles. The number of aryl methyl sites for hydroxylation is 1. The van der Waals surface area contributed by atoms with Crippen molar-refractivity contribution in [1.29, 1.82) is 0 Å². The molecule has 0 fully saturated rings. The summed E-state index contributed by atoms with van der Waals surface area (Å²) in [5.74, 6) is -2.33. The van der Waals surface area contributed by atoms with Gasteiger partial charge in [-0.15, -0.1) is 0 Å². The molecule has 0 bridgehead atoms. The minimum absolute atomic E-state index is 0.0321. The molecule has 1 N–H and O–H groups in total. The largest absolute Gasteiger partial charge is 0.434 e. The molecule has 0 aliphatic heterocycles. The van der Waals surface area contributed by atoms with E-state index in [1.54, 1.807) is 0 Å². The molecule has 0 amide bonds. The highest BCUT2D eigenvalue weighted by Gasteiger charge is 2.34. The molecule has 0 aliphatic carbocycles. The summed E-state index contributed by atoms with van der Waals surface area (Å²) >= 11 is 0. The lowest BCUT2D eigenvalue weighted by atomic mass is 10.2. The summed E-state index contributed by atoms with van der Waals surface area (Å²) in [5.41, 5.74) is -1.25. The third-order valence-corrected chi connectivity index (χ3v) is 3.91. The van der Waals surface area contributed by atoms with Crippen LogP contribution in [0.25, 0.3) is 5.69 Å². The molecule has 0 saturated heterocycles. The van der Waals surface area contributed by atoms with Crippen molar-refractivity contribution in [3.8, 4) is 5.69 Å². The monoisotopic (exact) mass is 415 g/mol. The number of hydrogen-bond donors (Lipinski definition) is 1. The van der Waals surface area contributed by atoms with Crippen molar-refractivity contribution in [2.45, 2.75) is 33.5 Å². The minimum atomic E-state index is -4.64. The zero-order valence-electron chi connectivity index (χ0n) is 15.9. The predicted molar refractivity (Wildman–Crippen MR) is 98.3 cm³/mol. The number of benzene rings is 2. The van der Waals surface area contributed by atoms with Gasteiger partial charge in [-0.1, -0.05) is 19.9 Å². The Labute approximate surface area is 164 Å². The second-order valence-corrected chi connectivity index (χ2v) is 5.76. The fourth-order valence-corrected chi connectivity index (χ4v) is 2.56. The minimum Gasteiger partial charge on any atom is -0.381 e. The van der Waals surface area contributed by atoms with E-state index in [1.165, 1.54) is 25.1 Å². The molecule has 0 aliphatic rings. The number of nitrogens with zero attached hydrogens (tertiary/aromatic N) is 2. The summed E-state index contributed by atoms with van der Waals surface area (Å²) in [6.45, 7) is 5.10. The quantitative estimate of drug-likeness (QED) is 0.510. The van der Waals surface area contributed by atoms with E-state index in [0.29, 0.717) is 6.20 Å². The Balaban J connectivity index is 0.00000145. The van der Waals surface area contributed by atoms with Gasteiger partial charge >= 0.3 is 6.18 Å². The number of nitrogens with one attached hydrogen (secondary N) is 1. The molecular weight excluding hydrogens is 396 g/mol. The Bertz CT molecular complexity index is 959. The summed E-state index contributed by atoms with van der Waals surface area (Å²) in [6, 6.07) is 7.10. The van der Waals surface area contributed by atoms with Crippen LogP contribution < -0.4 is 5.32 Å². The van der Waals surface area contributed by atoms with E-state index in [1.807, 2.05) is 13.8 Å². The number of halogens is 6. The fourth-order valence-electron chi connectivity index (χ4n) is 2.56. The Hall–Kier alpha value is -2.97. The van der Waals surface area contributed by atoms with Gasteiger partial charge in [0.2, 0.25) is 0 Å². The molecule has 0 unspecified atom stereocenters. The van der Waals surface area contributed by atoms with Crippen LogP contribution in [0.2, 0.25) is 0 Å². The lowest BCUT2D eigenvalue weighted by molar-refractivity contribution is -0.141. The third-order valence-electron chi connectivity index (χ3n) is 3.91. The Morgan fingerprint density at radius 2 is 1.59 bits per heavy atom. The van der Waals surface area contributed by atoms with Crippen LogP contribution in [-0.4, -0.2) is 9.55 Å². The number of hydrogen-bond acceptors (Lipinski definition) is 2. The van der Waals surface area contributed by atoms with Crippen LogP contribution in [0.3, 0.4) is 0 Å². The molecule has 9 heteroatoms. The Kier molecular flexibility index (Phi) is 6.94. The smallest absolute Gasteiger partial charge is 0.381 e. The zero-order valence-corrected chi connectivity index (χ0v) is 15.9. The maximum absolute atomic E-state index is 14.4. The van der Waals surface area contributed by atoms with Crippen LogP contribution in [0.5, 0.6) is 0 Å². The maximum Gasteiger partial charge on any atom is 0.434 e. The topological polar surface area (TPSA) is 29.9 Å². The van der Waals surface area contributed by atoms with E-state index in [-0.39, 0.29) is 29.3 Å². The standard InChI is InChI=1S/C18H13F6N3.C2H6/c1-10-26-17(18(22,23)24)9-27(10)16-6-5-11(7-15(16)21)25-8-12-13(19)3-2-4-14(12)20;1-2/h2-7,9,25H,8H2,1H3;1-2H3. The maximum atomic E-state index is 14.4. The first-order valence-electron chi connectivity index (χ1n) is 8.76. The van der Waals surface area contributed by atoms with Crippen LogP contribution in [0.4, 0.5) is 32.0 Å². The van der Waals surface area contributed by atoms with Gasteiger partial charge in [-0.25, -0.2) is 18.2 Å². The summed E-state index contributed by atoms with van der Waals surface area (Å²) in [4.78, 5) is 3.39. The molecule has 3 aromatic rings. The Morgan fingerprint density at radius 1 is 0.966 bits per heavy atom. The van der Waals surface area contributed by atoms with Gasteiger partial charge in [-0.05, 0) is 37.3 Å². The van der Waals surface area contributed by atoms with E-state index < -0.39 is 29.3 Å². The Morgan fingerprint density at radius 3 is 2.10 bits per heavy atom. The van der Waals surface area contributed by atoms with Crippen LogP contribution in [0.1, 0.15) is 30.9 Å². The van der Waals surface area contributed by atoms with Gasteiger partial charge in [0.15, 0.2) is 5.69 Å². The summed E-state index contributed by atoms with van der Waals surface area (Å²) in [7, 11) is 0. The van der Waals surface area contributed by atoms with Crippen LogP contribution in [0.15, 0.2) is 42.6 Å². The molecule has 0 spiro atoms. The second-order valence-electron chi connectivity index (χ2n) is 5.76. The first kappa shape index (κ1) is 22.3. The van der Waals surface area contributed by atoms with E-state index in [9.17, 15) is 26.3 Å². The lowest BCUT2D eigenvalue weighted by Crippen LogP contribution is -2.06. The summed E-state index contributed by atoms with van der Waals surface area (Å²) < 4.78 is 80.8. The third kappa shape index (κ3) is 5.10. The predicted octanol–water partition coefficient (Wildman–Crippen LogP) is 6.26. The number of aromatic nitrogens is 2. The van der Waals surface area contributed by atoms with Gasteiger partial charge < -0.3 is 9.88 Å². The van der Waals surface area contributed by atoms with Gasteiger partial charge in [0.05, 0.1) is 5.69 Å². The fraction of sp³-hybridized carbons (Fsp3) is 0.250. The highest BCUT2D eigenvalue weighted by Crippen LogP contribution is 2.30. The lowest BCUT2D eigenvalue weighted by Gasteiger charge is -2.11. The van der Waals surface area contributed by atoms with Gasteiger partial charge in [0.25, 0.3) is 0 Å². The second kappa shape index (κ2) is 9.02. The summed E-state index contributed by atoms with van der Waals surface area (Å²) in [6.07, 6.45) is -3.94. The van der Waals surface area contributed by atoms with Gasteiger partial charge in [0, 0.05) is 24.0 Å². The molecule has 2 aromatic carbocycles. The summed E-state index contributed by atoms with van der Waals surface area (Å²) in [5, 5.41) is 2.68. The molecule has 1 aromatic heterocycles. The molecule has 3 rings (SSSR count). The van der Waals surface area contributed by atoms with Crippen molar-refractivity contribution in [3.05, 3.63) is 77.1 Å². The first-order chi connectivity index (χ1) is 13.7. The SMILES string of the molecule is CC.Cc1nc(C(F)(F)F)cn1-c1ccc(NCc2c(F)cccc2F)cc1F. The van der Waals surface area contributed by atoms with Gasteiger partial charge in [0.1, 0.15) is 23.3 Å². The molecular formula is C20H19F6N3. The number of anilines is 1. The van der Waals surface area contributed by atoms with Crippen molar-refractivity contribution in [3.63, 3.8) is 0 Å². The molecule has 156 valence electrons. The normalized spacial score (nSPS) is 11.1. The first-order valence-corrected chi connectivity index (χ1v) is 8.76. The molecule has 3 nitrogen and oxygen atoms in total. The van der Waals surface area contributed by atoms with Crippen LogP contribution >= 0.6 is 0 Å². The van der Waals surface area contributed by atoms with Crippen molar-refractivity contribution in [1.82, 2.24) is 9.55 Å². The number of imidazole rings is 1. The molecule has 0 atom stereocenters. The van der Waals surface area contributed by atoms with E-state index in [4.69, 9.17) is 0 Å². The van der Waals surface area contributed by atoms with Crippen LogP contribution in [0, 0.1) is 24.4 Å². The van der Waals surface area contributed by atoms with Crippen molar-refractivity contribution >= 4 is 5.69 Å². The highest BCUT2D eigenvalue weighted by molar-refractivity contribution is 5.50. The molecule has 1 heterocycles. The number of alkyl halides is 3. The van der Waals surface area contributed by atoms with E-state index >= 15 is 0 Å². The molecule has 29 heavy (non-hydrogen) atoms. The van der Waals surface area contributed by atoms with E-state index in [0.717, 1.165) is 22.8 Å². The zero-order chi connectivity index (χ0) is 21.8. The van der Waals surface area contributed by atoms with E-state index in [2.05, 4.69) is 10.3 Å². The average Bonchev–Trinajstić information content (AvgIpc) is 3.05. The highest BCUT2D eigenvalue weighted by atomic mass is 19.4. The van der Waals surface area contributed by atoms with Crippen molar-refractivity contribution < 1.29 is 26.3 Å². The average molecular weight is 415 g/mol. The van der Waals surface area contributed by atoms with Crippen molar-refractivity contribution in [2.75, 3.05) is 5.32 Å². The molecule has 0 radical (unpaired) electrons. The van der Waals surface area contributed by atoms with Crippen molar-refractivity contribution in [2.24, 2.45) is 0 Å². The van der Waals surface area contributed by atoms with Gasteiger partial charge in [-0.2, -0.15) is 13.2 Å².